The van der Waals surface area contributed by atoms with E-state index >= 15 is 0 Å². The molecule has 1 saturated carbocycles. The van der Waals surface area contributed by atoms with Crippen LogP contribution in [0.15, 0.2) is 25.3 Å². The molecule has 0 atom stereocenters. The Balaban J connectivity index is -0.000000112. The number of hydrogen-bond donors (Lipinski definition) is 4. The molecule has 138 valence electrons. The quantitative estimate of drug-likeness (QED) is 0.579. The summed E-state index contributed by atoms with van der Waals surface area (Å²) in [7, 11) is 2.00. The van der Waals surface area contributed by atoms with Gasteiger partial charge in [-0.1, -0.05) is 32.4 Å². The topological polar surface area (TPSA) is 124 Å². The van der Waals surface area contributed by atoms with Gasteiger partial charge in [-0.05, 0) is 19.8 Å². The first-order chi connectivity index (χ1) is 11.0. The Kier molecular flexibility index (Phi) is 36.3. The van der Waals surface area contributed by atoms with Gasteiger partial charge in [0.25, 0.3) is 0 Å². The lowest BCUT2D eigenvalue weighted by atomic mass is 9.98. The highest BCUT2D eigenvalue weighted by molar-refractivity contribution is 5.79. The van der Waals surface area contributed by atoms with E-state index in [0.717, 1.165) is 33.0 Å². The molecule has 23 heavy (non-hydrogen) atoms. The third-order valence-corrected chi connectivity index (χ3v) is 2.30. The first-order valence-corrected chi connectivity index (χ1v) is 7.19. The Morgan fingerprint density at radius 1 is 0.957 bits per heavy atom. The minimum atomic E-state index is -0.981. The van der Waals surface area contributed by atoms with Gasteiger partial charge < -0.3 is 25.2 Å². The molecule has 0 saturated heterocycles. The van der Waals surface area contributed by atoms with Crippen molar-refractivity contribution in [3.63, 3.8) is 0 Å². The van der Waals surface area contributed by atoms with Crippen LogP contribution in [0.3, 0.4) is 0 Å². The maximum atomic E-state index is 9.25. The fourth-order valence-corrected chi connectivity index (χ4v) is 1.47. The van der Waals surface area contributed by atoms with Gasteiger partial charge >= 0.3 is 11.9 Å². The predicted molar refractivity (Wildman–Crippen MR) is 90.5 cm³/mol. The molecule has 0 heterocycles. The van der Waals surface area contributed by atoms with E-state index in [1.165, 1.54) is 32.1 Å². The highest BCUT2D eigenvalue weighted by Crippen LogP contribution is 2.19. The SMILES string of the molecule is C=CC(=O)O.C=CC(=O)O.CCOC1CCCCC1.CO.CO. The van der Waals surface area contributed by atoms with E-state index in [1.54, 1.807) is 0 Å². The van der Waals surface area contributed by atoms with Crippen molar-refractivity contribution in [1.29, 1.82) is 0 Å². The van der Waals surface area contributed by atoms with Crippen LogP contribution in [0.5, 0.6) is 0 Å². The van der Waals surface area contributed by atoms with Crippen LogP contribution in [0.4, 0.5) is 0 Å². The average molecular weight is 336 g/mol. The van der Waals surface area contributed by atoms with Crippen molar-refractivity contribution >= 4 is 11.9 Å². The van der Waals surface area contributed by atoms with Crippen LogP contribution in [-0.4, -0.2) is 59.3 Å². The average Bonchev–Trinajstić information content (AvgIpc) is 2.60. The number of aliphatic hydroxyl groups excluding tert-OH is 2. The number of hydrogen-bond acceptors (Lipinski definition) is 5. The van der Waals surface area contributed by atoms with Gasteiger partial charge in [0.15, 0.2) is 0 Å². The molecule has 0 bridgehead atoms. The summed E-state index contributed by atoms with van der Waals surface area (Å²) >= 11 is 0. The van der Waals surface area contributed by atoms with Crippen molar-refractivity contribution in [2.75, 3.05) is 20.8 Å². The molecular formula is C16H32O7. The van der Waals surface area contributed by atoms with E-state index in [0.29, 0.717) is 6.10 Å². The van der Waals surface area contributed by atoms with Crippen molar-refractivity contribution in [2.24, 2.45) is 0 Å². The molecular weight excluding hydrogens is 304 g/mol. The Morgan fingerprint density at radius 3 is 1.48 bits per heavy atom. The molecule has 1 rings (SSSR count). The summed E-state index contributed by atoms with van der Waals surface area (Å²) in [6, 6.07) is 0. The monoisotopic (exact) mass is 336 g/mol. The summed E-state index contributed by atoms with van der Waals surface area (Å²) in [6.45, 7) is 8.89. The highest BCUT2D eigenvalue weighted by atomic mass is 16.5. The summed E-state index contributed by atoms with van der Waals surface area (Å²) in [5, 5.41) is 29.2. The van der Waals surface area contributed by atoms with E-state index in [4.69, 9.17) is 25.2 Å². The number of carboxylic acids is 2. The predicted octanol–water partition coefficient (Wildman–Crippen LogP) is 2.09. The molecule has 0 aromatic heterocycles. The van der Waals surface area contributed by atoms with E-state index in [-0.39, 0.29) is 0 Å². The smallest absolute Gasteiger partial charge is 0.327 e. The number of rotatable bonds is 4. The second-order valence-corrected chi connectivity index (χ2v) is 3.80. The Labute approximate surface area is 138 Å². The molecule has 0 spiro atoms. The van der Waals surface area contributed by atoms with Gasteiger partial charge in [-0.3, -0.25) is 0 Å². The third kappa shape index (κ3) is 38.4. The molecule has 0 aromatic rings. The van der Waals surface area contributed by atoms with E-state index in [2.05, 4.69) is 20.1 Å². The van der Waals surface area contributed by atoms with Crippen LogP contribution < -0.4 is 0 Å². The Bertz CT molecular complexity index is 251. The molecule has 1 aliphatic rings. The molecule has 1 aliphatic carbocycles. The van der Waals surface area contributed by atoms with Gasteiger partial charge in [0.05, 0.1) is 6.10 Å². The van der Waals surface area contributed by atoms with Gasteiger partial charge in [-0.25, -0.2) is 9.59 Å². The standard InChI is InChI=1S/C8H16O.2C3H4O2.2CH4O/c1-2-9-8-6-4-3-5-7-8;2*1-2-3(4)5;2*1-2/h8H,2-7H2,1H3;2*2H,1H2,(H,4,5);2*2H,1H3. The second-order valence-electron chi connectivity index (χ2n) is 3.80. The first-order valence-electron chi connectivity index (χ1n) is 7.19. The summed E-state index contributed by atoms with van der Waals surface area (Å²) in [4.78, 5) is 18.5. The molecule has 4 N–H and O–H groups in total. The molecule has 0 aliphatic heterocycles. The van der Waals surface area contributed by atoms with Crippen molar-refractivity contribution in [3.05, 3.63) is 25.3 Å². The molecule has 0 unspecified atom stereocenters. The fraction of sp³-hybridized carbons (Fsp3) is 0.625. The normalized spacial score (nSPS) is 12.0. The van der Waals surface area contributed by atoms with Gasteiger partial charge in [0, 0.05) is 33.0 Å². The zero-order valence-corrected chi connectivity index (χ0v) is 14.4. The number of ether oxygens (including phenoxy) is 1. The van der Waals surface area contributed by atoms with Crippen LogP contribution in [0.2, 0.25) is 0 Å². The van der Waals surface area contributed by atoms with E-state index < -0.39 is 11.9 Å². The second kappa shape index (κ2) is 28.5. The van der Waals surface area contributed by atoms with E-state index in [1.807, 2.05) is 0 Å². The van der Waals surface area contributed by atoms with Crippen LogP contribution >= 0.6 is 0 Å². The van der Waals surface area contributed by atoms with Gasteiger partial charge in [0.1, 0.15) is 0 Å². The molecule has 7 nitrogen and oxygen atoms in total. The van der Waals surface area contributed by atoms with Crippen molar-refractivity contribution in [3.8, 4) is 0 Å². The van der Waals surface area contributed by atoms with Gasteiger partial charge in [-0.15, -0.1) is 0 Å². The van der Waals surface area contributed by atoms with Crippen LogP contribution in [-0.2, 0) is 14.3 Å². The summed E-state index contributed by atoms with van der Waals surface area (Å²) in [5.41, 5.74) is 0. The zero-order valence-electron chi connectivity index (χ0n) is 14.4. The maximum Gasteiger partial charge on any atom is 0.327 e. The number of carbonyl (C=O) groups is 2. The van der Waals surface area contributed by atoms with Crippen LogP contribution in [0.25, 0.3) is 0 Å². The highest BCUT2D eigenvalue weighted by Gasteiger charge is 2.11. The molecule has 7 heteroatoms. The lowest BCUT2D eigenvalue weighted by molar-refractivity contribution is -0.132. The third-order valence-electron chi connectivity index (χ3n) is 2.30. The van der Waals surface area contributed by atoms with Gasteiger partial charge in [-0.2, -0.15) is 0 Å². The van der Waals surface area contributed by atoms with Crippen LogP contribution in [0.1, 0.15) is 39.0 Å². The number of carboxylic acid groups (broad SMARTS) is 2. The number of aliphatic hydroxyl groups is 2. The minimum Gasteiger partial charge on any atom is -0.478 e. The van der Waals surface area contributed by atoms with Crippen molar-refractivity contribution < 1.29 is 34.8 Å². The van der Waals surface area contributed by atoms with Crippen molar-refractivity contribution in [2.45, 2.75) is 45.1 Å². The molecule has 1 fully saturated rings. The summed E-state index contributed by atoms with van der Waals surface area (Å²) in [5.74, 6) is -1.96. The molecule has 0 amide bonds. The zero-order chi connectivity index (χ0) is 19.1. The van der Waals surface area contributed by atoms with Crippen molar-refractivity contribution in [1.82, 2.24) is 0 Å². The van der Waals surface area contributed by atoms with Gasteiger partial charge in [0.2, 0.25) is 0 Å². The summed E-state index contributed by atoms with van der Waals surface area (Å²) < 4.78 is 5.48. The molecule has 0 aromatic carbocycles. The first kappa shape index (κ1) is 29.3. The van der Waals surface area contributed by atoms with E-state index in [9.17, 15) is 9.59 Å². The fourth-order valence-electron chi connectivity index (χ4n) is 1.47. The number of aliphatic carboxylic acids is 2. The minimum absolute atomic E-state index is 0.601. The Hall–Kier alpha value is -1.70. The lowest BCUT2D eigenvalue weighted by Crippen LogP contribution is -2.15. The largest absolute Gasteiger partial charge is 0.478 e. The van der Waals surface area contributed by atoms with Crippen LogP contribution in [0, 0.1) is 0 Å². The Morgan fingerprint density at radius 2 is 1.26 bits per heavy atom. The maximum absolute atomic E-state index is 9.25. The molecule has 0 radical (unpaired) electrons. The summed E-state index contributed by atoms with van der Waals surface area (Å²) in [6.07, 6.45) is 9.05. The lowest BCUT2D eigenvalue weighted by Gasteiger charge is -2.20.